The number of aliphatic hydroxyl groups is 1. The summed E-state index contributed by atoms with van der Waals surface area (Å²) >= 11 is 0. The molecule has 1 rings (SSSR count). The Balaban J connectivity index is 0.0000109. The zero-order valence-corrected chi connectivity index (χ0v) is 23.7. The van der Waals surface area contributed by atoms with E-state index in [9.17, 15) is 5.11 Å². The fourth-order valence-electron chi connectivity index (χ4n) is 4.57. The van der Waals surface area contributed by atoms with Crippen LogP contribution in [0, 0.1) is 5.92 Å². The van der Waals surface area contributed by atoms with Crippen LogP contribution in [-0.4, -0.2) is 83.0 Å². The van der Waals surface area contributed by atoms with Gasteiger partial charge in [-0.25, -0.2) is 0 Å². The van der Waals surface area contributed by atoms with Crippen molar-refractivity contribution in [2.75, 3.05) is 67.3 Å². The highest BCUT2D eigenvalue weighted by Gasteiger charge is 2.12. The molecule has 0 bridgehead atoms. The number of rotatable bonds is 23. The number of halogens is 1. The topological polar surface area (TPSA) is 47.9 Å². The van der Waals surface area contributed by atoms with Gasteiger partial charge >= 0.3 is 0 Å². The van der Waals surface area contributed by atoms with Gasteiger partial charge in [0, 0.05) is 6.61 Å². The minimum Gasteiger partial charge on any atom is -1.00 e. The molecule has 1 atom stereocenters. The summed E-state index contributed by atoms with van der Waals surface area (Å²) < 4.78 is 17.5. The maximum absolute atomic E-state index is 9.91. The van der Waals surface area contributed by atoms with E-state index in [-0.39, 0.29) is 12.4 Å². The van der Waals surface area contributed by atoms with Gasteiger partial charge in [-0.2, -0.15) is 0 Å². The molecule has 0 aromatic rings. The Labute approximate surface area is 218 Å². The van der Waals surface area contributed by atoms with E-state index in [1.54, 1.807) is 0 Å². The van der Waals surface area contributed by atoms with Crippen LogP contribution in [0.3, 0.4) is 0 Å². The molecule has 34 heavy (non-hydrogen) atoms. The number of hydrogen-bond acceptors (Lipinski definition) is 4. The molecule has 0 aromatic heterocycles. The normalized spacial score (nSPS) is 15.9. The van der Waals surface area contributed by atoms with E-state index in [1.807, 2.05) is 0 Å². The van der Waals surface area contributed by atoms with Gasteiger partial charge in [-0.05, 0) is 12.3 Å². The predicted molar refractivity (Wildman–Crippen MR) is 139 cm³/mol. The number of hydrogen-bond donors (Lipinski definition) is 1. The monoisotopic (exact) mass is 507 g/mol. The number of unbranched alkanes of at least 4 members (excludes halogenated alkanes) is 9. The first-order valence-electron chi connectivity index (χ1n) is 14.2. The average Bonchev–Trinajstić information content (AvgIpc) is 2.78. The molecule has 1 saturated carbocycles. The molecule has 0 saturated heterocycles. The van der Waals surface area contributed by atoms with Crippen LogP contribution < -0.4 is 12.4 Å². The Morgan fingerprint density at radius 1 is 0.647 bits per heavy atom. The van der Waals surface area contributed by atoms with Crippen molar-refractivity contribution in [2.24, 2.45) is 5.92 Å². The third kappa shape index (κ3) is 23.8. The fraction of sp³-hybridized carbons (Fsp3) is 1.00. The molecule has 206 valence electrons. The zero-order valence-electron chi connectivity index (χ0n) is 22.9. The molecule has 1 unspecified atom stereocenters. The Kier molecular flexibility index (Phi) is 23.5. The molecule has 5 nitrogen and oxygen atoms in total. The van der Waals surface area contributed by atoms with Crippen LogP contribution in [0.1, 0.15) is 103 Å². The van der Waals surface area contributed by atoms with E-state index in [0.717, 1.165) is 36.6 Å². The highest BCUT2D eigenvalue weighted by Crippen LogP contribution is 2.28. The quantitative estimate of drug-likeness (QED) is 0.171. The van der Waals surface area contributed by atoms with Gasteiger partial charge < -0.3 is 36.2 Å². The van der Waals surface area contributed by atoms with Crippen LogP contribution in [0.15, 0.2) is 0 Å². The Hall–Kier alpha value is 0.0900. The number of nitrogens with zero attached hydrogens (tertiary/aromatic N) is 1. The number of ether oxygens (including phenoxy) is 3. The van der Waals surface area contributed by atoms with Crippen LogP contribution >= 0.6 is 0 Å². The lowest BCUT2D eigenvalue weighted by molar-refractivity contribution is -0.870. The number of quaternary nitrogens is 1. The fourth-order valence-corrected chi connectivity index (χ4v) is 4.57. The molecule has 0 aliphatic heterocycles. The molecule has 6 heteroatoms. The van der Waals surface area contributed by atoms with E-state index in [2.05, 4.69) is 21.1 Å². The molecule has 1 aliphatic carbocycles. The molecule has 0 spiro atoms. The van der Waals surface area contributed by atoms with Crippen molar-refractivity contribution in [2.45, 2.75) is 109 Å². The van der Waals surface area contributed by atoms with Gasteiger partial charge in [0.2, 0.25) is 0 Å². The minimum absolute atomic E-state index is 0. The Morgan fingerprint density at radius 3 is 1.74 bits per heavy atom. The minimum atomic E-state index is -0.543. The Bertz CT molecular complexity index is 414. The number of aliphatic hydroxyl groups excluding tert-OH is 1. The maximum Gasteiger partial charge on any atom is 0.102 e. The van der Waals surface area contributed by atoms with Crippen molar-refractivity contribution in [3.8, 4) is 0 Å². The van der Waals surface area contributed by atoms with Gasteiger partial charge in [0.25, 0.3) is 0 Å². The lowest BCUT2D eigenvalue weighted by Crippen LogP contribution is -3.00. The molecule has 1 N–H and O–H groups in total. The first-order chi connectivity index (χ1) is 16.0. The van der Waals surface area contributed by atoms with Crippen molar-refractivity contribution in [3.63, 3.8) is 0 Å². The molecule has 1 aliphatic rings. The summed E-state index contributed by atoms with van der Waals surface area (Å²) in [6, 6.07) is 0. The van der Waals surface area contributed by atoms with Crippen LogP contribution in [-0.2, 0) is 14.2 Å². The van der Waals surface area contributed by atoms with Gasteiger partial charge in [0.05, 0.1) is 54.2 Å². The van der Waals surface area contributed by atoms with Gasteiger partial charge in [-0.15, -0.1) is 0 Å². The summed E-state index contributed by atoms with van der Waals surface area (Å²) in [7, 11) is 6.45. The SMILES string of the molecule is C[N+](C)(C)CCOCCOCC(O)COCCCCCCCCCCCCC1CCCCC1.[Cl-]. The van der Waals surface area contributed by atoms with E-state index >= 15 is 0 Å². The van der Waals surface area contributed by atoms with Crippen molar-refractivity contribution in [1.29, 1.82) is 0 Å². The first-order valence-corrected chi connectivity index (χ1v) is 14.2. The van der Waals surface area contributed by atoms with Crippen molar-refractivity contribution in [1.82, 2.24) is 0 Å². The van der Waals surface area contributed by atoms with E-state index in [0.29, 0.717) is 26.4 Å². The lowest BCUT2D eigenvalue weighted by Gasteiger charge is -2.23. The highest BCUT2D eigenvalue weighted by atomic mass is 35.5. The molecular formula is C28H58ClNO4. The molecular weight excluding hydrogens is 450 g/mol. The van der Waals surface area contributed by atoms with Crippen molar-refractivity contribution < 1.29 is 36.2 Å². The Morgan fingerprint density at radius 2 is 1.15 bits per heavy atom. The summed E-state index contributed by atoms with van der Waals surface area (Å²) in [5.74, 6) is 1.06. The van der Waals surface area contributed by atoms with Gasteiger partial charge in [0.1, 0.15) is 12.6 Å². The van der Waals surface area contributed by atoms with Crippen molar-refractivity contribution in [3.05, 3.63) is 0 Å². The second kappa shape index (κ2) is 23.5. The second-order valence-electron chi connectivity index (χ2n) is 11.3. The van der Waals surface area contributed by atoms with Crippen molar-refractivity contribution >= 4 is 0 Å². The standard InChI is InChI=1S/C28H58NO4.ClH/c1-29(2,3)20-22-31-23-24-33-26-28(30)25-32-21-16-11-9-7-5-4-6-8-10-13-17-27-18-14-12-15-19-27;/h27-28,30H,4-26H2,1-3H3;1H/q+1;/p-1. The molecule has 1 fully saturated rings. The van der Waals surface area contributed by atoms with Crippen LogP contribution in [0.25, 0.3) is 0 Å². The zero-order chi connectivity index (χ0) is 24.0. The first kappa shape index (κ1) is 34.1. The smallest absolute Gasteiger partial charge is 0.102 e. The van der Waals surface area contributed by atoms with Crippen LogP contribution in [0.2, 0.25) is 0 Å². The van der Waals surface area contributed by atoms with Gasteiger partial charge in [-0.3, -0.25) is 0 Å². The number of likely N-dealkylation sites (N-methyl/N-ethyl adjacent to an activating group) is 1. The third-order valence-electron chi connectivity index (χ3n) is 6.77. The highest BCUT2D eigenvalue weighted by molar-refractivity contribution is 4.65. The third-order valence-corrected chi connectivity index (χ3v) is 6.77. The largest absolute Gasteiger partial charge is 1.00 e. The lowest BCUT2D eigenvalue weighted by atomic mass is 9.85. The maximum atomic E-state index is 9.91. The molecule has 0 amide bonds. The summed E-state index contributed by atoms with van der Waals surface area (Å²) in [6.07, 6.45) is 22.0. The van der Waals surface area contributed by atoms with Crippen LogP contribution in [0.5, 0.6) is 0 Å². The second-order valence-corrected chi connectivity index (χ2v) is 11.3. The summed E-state index contributed by atoms with van der Waals surface area (Å²) in [6.45, 7) is 4.24. The molecule has 0 heterocycles. The molecule has 0 radical (unpaired) electrons. The summed E-state index contributed by atoms with van der Waals surface area (Å²) in [5, 5.41) is 9.91. The van der Waals surface area contributed by atoms with Gasteiger partial charge in [-0.1, -0.05) is 96.3 Å². The predicted octanol–water partition coefficient (Wildman–Crippen LogP) is 2.98. The molecule has 0 aromatic carbocycles. The van der Waals surface area contributed by atoms with E-state index < -0.39 is 6.10 Å². The van der Waals surface area contributed by atoms with E-state index in [1.165, 1.54) is 96.3 Å². The average molecular weight is 508 g/mol. The van der Waals surface area contributed by atoms with Crippen LogP contribution in [0.4, 0.5) is 0 Å². The van der Waals surface area contributed by atoms with Gasteiger partial charge in [0.15, 0.2) is 0 Å². The summed E-state index contributed by atoms with van der Waals surface area (Å²) in [4.78, 5) is 0. The summed E-state index contributed by atoms with van der Waals surface area (Å²) in [5.41, 5.74) is 0. The van der Waals surface area contributed by atoms with E-state index in [4.69, 9.17) is 14.2 Å².